The van der Waals surface area contributed by atoms with Crippen molar-refractivity contribution in [2.75, 3.05) is 7.11 Å². The fourth-order valence-electron chi connectivity index (χ4n) is 1.41. The predicted octanol–water partition coefficient (Wildman–Crippen LogP) is 2.23. The topological polar surface area (TPSA) is 26.3 Å². The molecule has 0 amide bonds. The van der Waals surface area contributed by atoms with Crippen molar-refractivity contribution < 1.29 is 9.53 Å². The lowest BCUT2D eigenvalue weighted by molar-refractivity contribution is -0.143. The molecule has 0 N–H and O–H groups in total. The van der Waals surface area contributed by atoms with Crippen LogP contribution in [0.2, 0.25) is 0 Å². The molecule has 12 heavy (non-hydrogen) atoms. The molecule has 0 saturated heterocycles. The standard InChI is InChI=1S/C9H19O2P/c1-8(2,3)6-9(4,12)7(10)11-5/h6,12H2,1-5H3. The third-order valence-corrected chi connectivity index (χ3v) is 1.99. The van der Waals surface area contributed by atoms with Gasteiger partial charge in [0.25, 0.3) is 0 Å². The predicted molar refractivity (Wildman–Crippen MR) is 54.2 cm³/mol. The fourth-order valence-corrected chi connectivity index (χ4v) is 2.14. The van der Waals surface area contributed by atoms with E-state index in [9.17, 15) is 4.79 Å². The maximum absolute atomic E-state index is 11.3. The first kappa shape index (κ1) is 11.9. The average Bonchev–Trinajstić information content (AvgIpc) is 1.80. The van der Waals surface area contributed by atoms with Gasteiger partial charge >= 0.3 is 5.97 Å². The summed E-state index contributed by atoms with van der Waals surface area (Å²) in [6.07, 6.45) is 0.803. The summed E-state index contributed by atoms with van der Waals surface area (Å²) >= 11 is 0. The molecular weight excluding hydrogens is 171 g/mol. The molecular formula is C9H19O2P. The minimum absolute atomic E-state index is 0.144. The number of hydrogen-bond donors (Lipinski definition) is 0. The van der Waals surface area contributed by atoms with Gasteiger partial charge < -0.3 is 4.74 Å². The Morgan fingerprint density at radius 3 is 2.00 bits per heavy atom. The normalized spacial score (nSPS) is 16.8. The highest BCUT2D eigenvalue weighted by molar-refractivity contribution is 7.20. The Hall–Kier alpha value is -0.100. The zero-order valence-electron chi connectivity index (χ0n) is 8.60. The molecule has 2 unspecified atom stereocenters. The quantitative estimate of drug-likeness (QED) is 0.493. The highest BCUT2D eigenvalue weighted by atomic mass is 31.0. The van der Waals surface area contributed by atoms with Crippen molar-refractivity contribution in [2.45, 2.75) is 39.3 Å². The van der Waals surface area contributed by atoms with Crippen LogP contribution in [0.15, 0.2) is 0 Å². The zero-order valence-corrected chi connectivity index (χ0v) is 9.76. The van der Waals surface area contributed by atoms with E-state index in [2.05, 4.69) is 30.0 Å². The van der Waals surface area contributed by atoms with Gasteiger partial charge in [-0.15, -0.1) is 9.24 Å². The highest BCUT2D eigenvalue weighted by Gasteiger charge is 2.33. The first-order valence-electron chi connectivity index (χ1n) is 4.06. The van der Waals surface area contributed by atoms with E-state index in [4.69, 9.17) is 4.74 Å². The first-order valence-corrected chi connectivity index (χ1v) is 4.64. The Bertz CT molecular complexity index is 168. The van der Waals surface area contributed by atoms with Crippen molar-refractivity contribution in [3.63, 3.8) is 0 Å². The van der Waals surface area contributed by atoms with Crippen LogP contribution in [0.1, 0.15) is 34.1 Å². The van der Waals surface area contributed by atoms with E-state index < -0.39 is 5.16 Å². The van der Waals surface area contributed by atoms with Gasteiger partial charge in [-0.25, -0.2) is 0 Å². The van der Waals surface area contributed by atoms with Crippen LogP contribution < -0.4 is 0 Å². The van der Waals surface area contributed by atoms with Crippen LogP contribution in [0, 0.1) is 5.41 Å². The lowest BCUT2D eigenvalue weighted by Crippen LogP contribution is -2.33. The van der Waals surface area contributed by atoms with Crippen LogP contribution in [-0.2, 0) is 9.53 Å². The Labute approximate surface area is 77.3 Å². The molecule has 0 saturated carbocycles. The maximum atomic E-state index is 11.3. The van der Waals surface area contributed by atoms with Crippen LogP contribution in [-0.4, -0.2) is 18.2 Å². The smallest absolute Gasteiger partial charge is 0.315 e. The van der Waals surface area contributed by atoms with Crippen molar-refractivity contribution in [1.82, 2.24) is 0 Å². The molecule has 0 aliphatic rings. The van der Waals surface area contributed by atoms with E-state index in [1.165, 1.54) is 7.11 Å². The monoisotopic (exact) mass is 190 g/mol. The summed E-state index contributed by atoms with van der Waals surface area (Å²) in [5.41, 5.74) is 0.144. The number of rotatable bonds is 2. The molecule has 0 aliphatic carbocycles. The summed E-state index contributed by atoms with van der Waals surface area (Å²) < 4.78 is 4.70. The Balaban J connectivity index is 4.32. The number of esters is 1. The molecule has 3 heteroatoms. The Morgan fingerprint density at radius 2 is 1.75 bits per heavy atom. The van der Waals surface area contributed by atoms with Gasteiger partial charge in [0, 0.05) is 0 Å². The molecule has 2 atom stereocenters. The van der Waals surface area contributed by atoms with E-state index in [0.29, 0.717) is 0 Å². The van der Waals surface area contributed by atoms with E-state index in [1.54, 1.807) is 0 Å². The second kappa shape index (κ2) is 3.74. The largest absolute Gasteiger partial charge is 0.468 e. The lowest BCUT2D eigenvalue weighted by atomic mass is 9.85. The van der Waals surface area contributed by atoms with E-state index in [1.807, 2.05) is 6.92 Å². The van der Waals surface area contributed by atoms with Crippen molar-refractivity contribution in [3.8, 4) is 0 Å². The number of methoxy groups -OCH3 is 1. The average molecular weight is 190 g/mol. The minimum atomic E-state index is -0.451. The number of ether oxygens (including phenoxy) is 1. The van der Waals surface area contributed by atoms with Crippen molar-refractivity contribution in [3.05, 3.63) is 0 Å². The molecule has 0 aliphatic heterocycles. The summed E-state index contributed by atoms with van der Waals surface area (Å²) in [6.45, 7) is 8.21. The summed E-state index contributed by atoms with van der Waals surface area (Å²) in [5, 5.41) is -0.451. The molecule has 0 fully saturated rings. The second-order valence-electron chi connectivity index (χ2n) is 4.65. The van der Waals surface area contributed by atoms with Gasteiger partial charge in [-0.1, -0.05) is 20.8 Å². The number of hydrogen-bond acceptors (Lipinski definition) is 2. The van der Waals surface area contributed by atoms with Gasteiger partial charge in [0.05, 0.1) is 12.3 Å². The molecule has 0 aromatic carbocycles. The summed E-state index contributed by atoms with van der Waals surface area (Å²) in [5.74, 6) is -0.164. The molecule has 0 heterocycles. The van der Waals surface area contributed by atoms with Gasteiger partial charge in [0.1, 0.15) is 0 Å². The third-order valence-electron chi connectivity index (χ3n) is 1.55. The van der Waals surface area contributed by atoms with Crippen LogP contribution in [0.25, 0.3) is 0 Å². The van der Waals surface area contributed by atoms with Crippen LogP contribution in [0.5, 0.6) is 0 Å². The molecule has 2 nitrogen and oxygen atoms in total. The van der Waals surface area contributed by atoms with Gasteiger partial charge in [-0.2, -0.15) is 0 Å². The maximum Gasteiger partial charge on any atom is 0.315 e. The molecule has 0 radical (unpaired) electrons. The summed E-state index contributed by atoms with van der Waals surface area (Å²) in [6, 6.07) is 0. The van der Waals surface area contributed by atoms with Crippen LogP contribution >= 0.6 is 9.24 Å². The summed E-state index contributed by atoms with van der Waals surface area (Å²) in [4.78, 5) is 11.3. The van der Waals surface area contributed by atoms with Gasteiger partial charge in [-0.05, 0) is 18.8 Å². The Morgan fingerprint density at radius 1 is 1.33 bits per heavy atom. The molecule has 0 aromatic rings. The zero-order chi connectivity index (χ0) is 9.99. The van der Waals surface area contributed by atoms with Crippen LogP contribution in [0.3, 0.4) is 0 Å². The van der Waals surface area contributed by atoms with E-state index >= 15 is 0 Å². The van der Waals surface area contributed by atoms with Crippen molar-refractivity contribution in [1.29, 1.82) is 0 Å². The second-order valence-corrected chi connectivity index (χ2v) is 5.92. The molecule has 0 aromatic heterocycles. The van der Waals surface area contributed by atoms with Crippen molar-refractivity contribution in [2.24, 2.45) is 5.41 Å². The highest BCUT2D eigenvalue weighted by Crippen LogP contribution is 2.34. The molecule has 0 bridgehead atoms. The molecule has 72 valence electrons. The number of carbonyl (C=O) groups is 1. The van der Waals surface area contributed by atoms with Gasteiger partial charge in [-0.3, -0.25) is 4.79 Å². The molecule has 0 spiro atoms. The minimum Gasteiger partial charge on any atom is -0.468 e. The number of carbonyl (C=O) groups excluding carboxylic acids is 1. The SMILES string of the molecule is COC(=O)C(C)(P)CC(C)(C)C. The first-order chi connectivity index (χ1) is 5.19. The van der Waals surface area contributed by atoms with E-state index in [0.717, 1.165) is 6.42 Å². The van der Waals surface area contributed by atoms with E-state index in [-0.39, 0.29) is 11.4 Å². The lowest BCUT2D eigenvalue weighted by Gasteiger charge is -2.29. The fraction of sp³-hybridized carbons (Fsp3) is 0.889. The Kier molecular flexibility index (Phi) is 3.71. The molecule has 0 rings (SSSR count). The van der Waals surface area contributed by atoms with Gasteiger partial charge in [0.15, 0.2) is 0 Å². The summed E-state index contributed by atoms with van der Waals surface area (Å²) in [7, 11) is 3.99. The third kappa shape index (κ3) is 4.06. The van der Waals surface area contributed by atoms with Gasteiger partial charge in [0.2, 0.25) is 0 Å². The van der Waals surface area contributed by atoms with Crippen LogP contribution in [0.4, 0.5) is 0 Å². The van der Waals surface area contributed by atoms with Crippen molar-refractivity contribution >= 4 is 15.2 Å².